The molecule has 0 saturated carbocycles. The molecule has 0 aromatic heterocycles. The van der Waals surface area contributed by atoms with Gasteiger partial charge in [-0.1, -0.05) is 40.9 Å². The van der Waals surface area contributed by atoms with Gasteiger partial charge >= 0.3 is 0 Å². The molecule has 2 nitrogen and oxygen atoms in total. The van der Waals surface area contributed by atoms with Crippen LogP contribution in [0, 0.1) is 5.92 Å². The van der Waals surface area contributed by atoms with E-state index in [0.717, 1.165) is 29.8 Å². The molecule has 1 unspecified atom stereocenters. The van der Waals surface area contributed by atoms with Crippen LogP contribution in [-0.4, -0.2) is 24.4 Å². The van der Waals surface area contributed by atoms with Crippen molar-refractivity contribution in [2.45, 2.75) is 59.0 Å². The lowest BCUT2D eigenvalue weighted by atomic mass is 9.99. The highest BCUT2D eigenvalue weighted by molar-refractivity contribution is 9.11. The lowest BCUT2D eigenvalue weighted by Gasteiger charge is -2.15. The lowest BCUT2D eigenvalue weighted by molar-refractivity contribution is 0.130. The van der Waals surface area contributed by atoms with Crippen LogP contribution in [0.2, 0.25) is 0 Å². The zero-order valence-electron chi connectivity index (χ0n) is 13.0. The fraction of sp³-hybridized carbons (Fsp3) is 0.750. The molecule has 0 aliphatic carbocycles. The van der Waals surface area contributed by atoms with Crippen molar-refractivity contribution in [2.24, 2.45) is 5.92 Å². The van der Waals surface area contributed by atoms with Crippen molar-refractivity contribution >= 4 is 15.9 Å². The minimum absolute atomic E-state index is 0.728. The third-order valence-electron chi connectivity index (χ3n) is 3.18. The molecule has 3 heteroatoms. The topological polar surface area (TPSA) is 29.5 Å². The first-order chi connectivity index (χ1) is 8.77. The van der Waals surface area contributed by atoms with E-state index in [1.165, 1.54) is 18.4 Å². The van der Waals surface area contributed by atoms with Crippen molar-refractivity contribution in [3.8, 4) is 0 Å². The van der Waals surface area contributed by atoms with E-state index in [9.17, 15) is 5.11 Å². The van der Waals surface area contributed by atoms with Gasteiger partial charge in [0.25, 0.3) is 0 Å². The Kier molecular flexibility index (Phi) is 9.67. The average Bonchev–Trinajstić information content (AvgIpc) is 2.32. The maximum Gasteiger partial charge on any atom is 0.0904 e. The van der Waals surface area contributed by atoms with Crippen LogP contribution in [0.5, 0.6) is 0 Å². The van der Waals surface area contributed by atoms with Crippen molar-refractivity contribution in [3.63, 3.8) is 0 Å². The van der Waals surface area contributed by atoms with Crippen LogP contribution in [0.25, 0.3) is 0 Å². The summed E-state index contributed by atoms with van der Waals surface area (Å²) in [5.74, 6) is 0.728. The van der Waals surface area contributed by atoms with Crippen LogP contribution in [0.4, 0.5) is 0 Å². The van der Waals surface area contributed by atoms with Crippen molar-refractivity contribution in [3.05, 3.63) is 22.2 Å². The number of hydrogen-bond donors (Lipinski definition) is 1. The second kappa shape index (κ2) is 9.73. The first-order valence-corrected chi connectivity index (χ1v) is 7.81. The van der Waals surface area contributed by atoms with E-state index in [1.54, 1.807) is 21.0 Å². The van der Waals surface area contributed by atoms with Crippen molar-refractivity contribution in [2.75, 3.05) is 13.7 Å². The van der Waals surface area contributed by atoms with E-state index in [2.05, 4.69) is 35.9 Å². The Bertz CT molecular complexity index is 300. The molecule has 1 atom stereocenters. The fourth-order valence-electron chi connectivity index (χ4n) is 1.70. The molecular weight excluding hydrogens is 304 g/mol. The molecule has 0 fully saturated rings. The second-order valence-corrected chi connectivity index (χ2v) is 6.72. The van der Waals surface area contributed by atoms with Crippen LogP contribution in [0.3, 0.4) is 0 Å². The minimum Gasteiger partial charge on any atom is -0.385 e. The highest BCUT2D eigenvalue weighted by Gasteiger charge is 2.15. The Morgan fingerprint density at radius 3 is 2.47 bits per heavy atom. The van der Waals surface area contributed by atoms with E-state index in [0.29, 0.717) is 0 Å². The Balaban J connectivity index is 4.01. The molecule has 0 spiro atoms. The molecule has 0 heterocycles. The first-order valence-electron chi connectivity index (χ1n) is 7.02. The summed E-state index contributed by atoms with van der Waals surface area (Å²) >= 11 is 3.40. The smallest absolute Gasteiger partial charge is 0.0904 e. The van der Waals surface area contributed by atoms with Crippen molar-refractivity contribution in [1.29, 1.82) is 0 Å². The molecule has 0 rings (SSSR count). The standard InChI is InChI=1S/C16H29BrO2/c1-13(9-10-15(17)16(3,4)18)7-6-8-14(2)11-12-19-5/h9-10,14,18H,6-8,11-12H2,1-5H3. The maximum absolute atomic E-state index is 9.77. The second-order valence-electron chi connectivity index (χ2n) is 5.87. The molecule has 1 N–H and O–H groups in total. The zero-order chi connectivity index (χ0) is 14.9. The number of aliphatic hydroxyl groups is 1. The average molecular weight is 333 g/mol. The van der Waals surface area contributed by atoms with Crippen molar-refractivity contribution in [1.82, 2.24) is 0 Å². The molecule has 0 aliphatic rings. The zero-order valence-corrected chi connectivity index (χ0v) is 14.6. The van der Waals surface area contributed by atoms with Gasteiger partial charge in [-0.25, -0.2) is 0 Å². The van der Waals surface area contributed by atoms with Gasteiger partial charge in [0.05, 0.1) is 5.60 Å². The van der Waals surface area contributed by atoms with E-state index >= 15 is 0 Å². The summed E-state index contributed by atoms with van der Waals surface area (Å²) < 4.78 is 5.90. The largest absolute Gasteiger partial charge is 0.385 e. The predicted molar refractivity (Wildman–Crippen MR) is 86.6 cm³/mol. The van der Waals surface area contributed by atoms with Crippen LogP contribution in [0.1, 0.15) is 53.4 Å². The summed E-state index contributed by atoms with van der Waals surface area (Å²) in [5.41, 5.74) is 0.547. The van der Waals surface area contributed by atoms with Gasteiger partial charge in [-0.3, -0.25) is 0 Å². The fourth-order valence-corrected chi connectivity index (χ4v) is 1.83. The highest BCUT2D eigenvalue weighted by Crippen LogP contribution is 2.22. The summed E-state index contributed by atoms with van der Waals surface area (Å²) in [6.07, 6.45) is 8.74. The molecule has 0 saturated heterocycles. The maximum atomic E-state index is 9.77. The third kappa shape index (κ3) is 10.3. The molecule has 0 amide bonds. The number of allylic oxidation sites excluding steroid dienone is 3. The number of halogens is 1. The van der Waals surface area contributed by atoms with Gasteiger partial charge in [-0.15, -0.1) is 0 Å². The van der Waals surface area contributed by atoms with E-state index in [-0.39, 0.29) is 0 Å². The Morgan fingerprint density at radius 1 is 1.32 bits per heavy atom. The summed E-state index contributed by atoms with van der Waals surface area (Å²) in [5, 5.41) is 9.77. The van der Waals surface area contributed by atoms with E-state index < -0.39 is 5.60 Å². The summed E-state index contributed by atoms with van der Waals surface area (Å²) in [6, 6.07) is 0. The first kappa shape index (κ1) is 18.9. The van der Waals surface area contributed by atoms with Gasteiger partial charge in [-0.05, 0) is 52.0 Å². The highest BCUT2D eigenvalue weighted by atomic mass is 79.9. The number of hydrogen-bond acceptors (Lipinski definition) is 2. The predicted octanol–water partition coefficient (Wildman–Crippen LogP) is 4.83. The Hall–Kier alpha value is -0.120. The number of methoxy groups -OCH3 is 1. The number of ether oxygens (including phenoxy) is 1. The molecule has 0 aromatic carbocycles. The molecule has 0 aromatic rings. The van der Waals surface area contributed by atoms with Crippen LogP contribution in [-0.2, 0) is 4.74 Å². The quantitative estimate of drug-likeness (QED) is 0.613. The molecule has 0 radical (unpaired) electrons. The van der Waals surface area contributed by atoms with Gasteiger partial charge in [-0.2, -0.15) is 0 Å². The summed E-state index contributed by atoms with van der Waals surface area (Å²) in [7, 11) is 1.76. The van der Waals surface area contributed by atoms with E-state index in [1.807, 2.05) is 6.08 Å². The molecule has 0 aliphatic heterocycles. The van der Waals surface area contributed by atoms with Gasteiger partial charge in [0.15, 0.2) is 0 Å². The van der Waals surface area contributed by atoms with Gasteiger partial charge < -0.3 is 9.84 Å². The van der Waals surface area contributed by atoms with Gasteiger partial charge in [0.1, 0.15) is 0 Å². The molecular formula is C16H29BrO2. The van der Waals surface area contributed by atoms with Crippen LogP contribution in [0.15, 0.2) is 22.2 Å². The molecule has 19 heavy (non-hydrogen) atoms. The molecule has 112 valence electrons. The summed E-state index contributed by atoms with van der Waals surface area (Å²) in [4.78, 5) is 0. The Morgan fingerprint density at radius 2 is 1.95 bits per heavy atom. The van der Waals surface area contributed by atoms with Crippen molar-refractivity contribution < 1.29 is 9.84 Å². The van der Waals surface area contributed by atoms with Gasteiger partial charge in [0.2, 0.25) is 0 Å². The van der Waals surface area contributed by atoms with Gasteiger partial charge in [0, 0.05) is 18.2 Å². The lowest BCUT2D eigenvalue weighted by Crippen LogP contribution is -2.18. The monoisotopic (exact) mass is 332 g/mol. The normalized spacial score (nSPS) is 15.7. The van der Waals surface area contributed by atoms with E-state index in [4.69, 9.17) is 4.74 Å². The third-order valence-corrected chi connectivity index (χ3v) is 4.42. The molecule has 0 bridgehead atoms. The van der Waals surface area contributed by atoms with Crippen LogP contribution < -0.4 is 0 Å². The van der Waals surface area contributed by atoms with Crippen LogP contribution >= 0.6 is 15.9 Å². The number of rotatable bonds is 9. The summed E-state index contributed by atoms with van der Waals surface area (Å²) in [6.45, 7) is 8.82. The Labute approximate surface area is 127 Å². The SMILES string of the molecule is COCCC(C)CCCC(C)=CC=C(Br)C(C)(C)O. The minimum atomic E-state index is -0.800.